The van der Waals surface area contributed by atoms with E-state index in [4.69, 9.17) is 4.74 Å². The molecule has 3 aromatic rings. The minimum Gasteiger partial charge on any atom is -0.466 e. The molecule has 0 saturated carbocycles. The molecule has 0 radical (unpaired) electrons. The van der Waals surface area contributed by atoms with Crippen LogP contribution in [0.3, 0.4) is 0 Å². The van der Waals surface area contributed by atoms with Gasteiger partial charge in [0.05, 0.1) is 27.6 Å². The number of carbonyl (C=O) groups excluding carboxylic acids is 2. The van der Waals surface area contributed by atoms with E-state index in [1.54, 1.807) is 48.2 Å². The predicted molar refractivity (Wildman–Crippen MR) is 122 cm³/mol. The van der Waals surface area contributed by atoms with Crippen LogP contribution >= 0.6 is 11.3 Å². The number of carbonyl (C=O) groups is 2. The number of likely N-dealkylation sites (tertiary alicyclic amines) is 1. The van der Waals surface area contributed by atoms with E-state index >= 15 is 0 Å². The number of aromatic nitrogens is 1. The van der Waals surface area contributed by atoms with Crippen molar-refractivity contribution in [3.63, 3.8) is 0 Å². The highest BCUT2D eigenvalue weighted by Gasteiger charge is 2.30. The lowest BCUT2D eigenvalue weighted by Gasteiger charge is -2.31. The lowest BCUT2D eigenvalue weighted by Crippen LogP contribution is -2.42. The average molecular weight is 474 g/mol. The maximum absolute atomic E-state index is 13.0. The van der Waals surface area contributed by atoms with Crippen LogP contribution in [-0.2, 0) is 19.6 Å². The van der Waals surface area contributed by atoms with E-state index in [-0.39, 0.29) is 27.8 Å². The van der Waals surface area contributed by atoms with Crippen molar-refractivity contribution in [1.29, 1.82) is 0 Å². The molecule has 2 heterocycles. The van der Waals surface area contributed by atoms with Crippen molar-refractivity contribution in [2.45, 2.75) is 24.7 Å². The topological polar surface area (TPSA) is 106 Å². The number of esters is 1. The van der Waals surface area contributed by atoms with Gasteiger partial charge in [-0.2, -0.15) is 0 Å². The Labute approximate surface area is 190 Å². The smallest absolute Gasteiger partial charge is 0.310 e. The van der Waals surface area contributed by atoms with E-state index < -0.39 is 10.0 Å². The molecule has 10 heteroatoms. The van der Waals surface area contributed by atoms with E-state index in [1.807, 2.05) is 0 Å². The van der Waals surface area contributed by atoms with Gasteiger partial charge in [0.1, 0.15) is 0 Å². The van der Waals surface area contributed by atoms with Gasteiger partial charge in [-0.25, -0.2) is 13.4 Å². The first kappa shape index (κ1) is 22.2. The van der Waals surface area contributed by atoms with Crippen LogP contribution in [0.5, 0.6) is 0 Å². The highest BCUT2D eigenvalue weighted by Crippen LogP contribution is 2.29. The van der Waals surface area contributed by atoms with Gasteiger partial charge in [0.25, 0.3) is 15.9 Å². The maximum atomic E-state index is 13.0. The number of fused-ring (bicyclic) bond motifs is 1. The van der Waals surface area contributed by atoms with E-state index in [1.165, 1.54) is 12.1 Å². The fourth-order valence-corrected chi connectivity index (χ4v) is 5.83. The summed E-state index contributed by atoms with van der Waals surface area (Å²) in [6, 6.07) is 13.1. The van der Waals surface area contributed by atoms with Crippen molar-refractivity contribution < 1.29 is 22.7 Å². The molecule has 1 aromatic heterocycles. The van der Waals surface area contributed by atoms with Gasteiger partial charge >= 0.3 is 5.97 Å². The van der Waals surface area contributed by atoms with Crippen molar-refractivity contribution in [2.75, 3.05) is 24.4 Å². The SMILES string of the molecule is CCOC(=O)[C@@H]1CCCN(C(=O)c2ccc3nc(NS(=O)(=O)c4ccccc4)sc3c2)C1. The summed E-state index contributed by atoms with van der Waals surface area (Å²) in [5.74, 6) is -0.738. The number of amides is 1. The van der Waals surface area contributed by atoms with Crippen LogP contribution in [0.15, 0.2) is 53.4 Å². The molecule has 1 aliphatic rings. The van der Waals surface area contributed by atoms with E-state index in [0.29, 0.717) is 41.9 Å². The molecule has 0 unspecified atom stereocenters. The largest absolute Gasteiger partial charge is 0.466 e. The number of thiazole rings is 1. The van der Waals surface area contributed by atoms with Gasteiger partial charge in [-0.05, 0) is 50.1 Å². The lowest BCUT2D eigenvalue weighted by molar-refractivity contribution is -0.149. The second-order valence-electron chi connectivity index (χ2n) is 7.46. The second kappa shape index (κ2) is 9.25. The summed E-state index contributed by atoms with van der Waals surface area (Å²) >= 11 is 1.16. The zero-order valence-electron chi connectivity index (χ0n) is 17.5. The molecule has 4 rings (SSSR count). The molecule has 1 N–H and O–H groups in total. The van der Waals surface area contributed by atoms with Crippen LogP contribution in [-0.4, -0.2) is 49.9 Å². The van der Waals surface area contributed by atoms with Crippen LogP contribution < -0.4 is 4.72 Å². The molecule has 1 aliphatic heterocycles. The molecule has 2 aromatic carbocycles. The summed E-state index contributed by atoms with van der Waals surface area (Å²) in [6.45, 7) is 3.00. The number of sulfonamides is 1. The van der Waals surface area contributed by atoms with Gasteiger partial charge in [-0.3, -0.25) is 14.3 Å². The van der Waals surface area contributed by atoms with Crippen molar-refractivity contribution in [3.05, 3.63) is 54.1 Å². The third-order valence-corrected chi connectivity index (χ3v) is 7.66. The monoisotopic (exact) mass is 473 g/mol. The first-order chi connectivity index (χ1) is 15.4. The van der Waals surface area contributed by atoms with Crippen LogP contribution in [0.25, 0.3) is 10.2 Å². The zero-order valence-corrected chi connectivity index (χ0v) is 19.1. The predicted octanol–water partition coefficient (Wildman–Crippen LogP) is 3.51. The minimum atomic E-state index is -3.74. The number of piperidine rings is 1. The third kappa shape index (κ3) is 4.76. The lowest BCUT2D eigenvalue weighted by atomic mass is 9.97. The Morgan fingerprint density at radius 2 is 2.00 bits per heavy atom. The molecule has 1 fully saturated rings. The Morgan fingerprint density at radius 3 is 2.75 bits per heavy atom. The van der Waals surface area contributed by atoms with Gasteiger partial charge in [0.2, 0.25) is 0 Å². The number of anilines is 1. The summed E-state index contributed by atoms with van der Waals surface area (Å²) in [6.07, 6.45) is 1.45. The Kier molecular flexibility index (Phi) is 6.43. The average Bonchev–Trinajstić information content (AvgIpc) is 3.20. The van der Waals surface area contributed by atoms with Crippen LogP contribution in [0, 0.1) is 5.92 Å². The number of nitrogens with zero attached hydrogens (tertiary/aromatic N) is 2. The molecular formula is C22H23N3O5S2. The van der Waals surface area contributed by atoms with Crippen molar-refractivity contribution in [2.24, 2.45) is 5.92 Å². The van der Waals surface area contributed by atoms with Crippen LogP contribution in [0.4, 0.5) is 5.13 Å². The normalized spacial score (nSPS) is 16.7. The number of ether oxygens (including phenoxy) is 1. The molecule has 1 atom stereocenters. The molecule has 1 saturated heterocycles. The Balaban J connectivity index is 1.51. The number of nitrogens with one attached hydrogen (secondary N) is 1. The molecule has 0 bridgehead atoms. The third-order valence-electron chi connectivity index (χ3n) is 5.24. The quantitative estimate of drug-likeness (QED) is 0.549. The van der Waals surface area contributed by atoms with Gasteiger partial charge < -0.3 is 9.64 Å². The van der Waals surface area contributed by atoms with Crippen molar-refractivity contribution in [1.82, 2.24) is 9.88 Å². The minimum absolute atomic E-state index is 0.149. The highest BCUT2D eigenvalue weighted by atomic mass is 32.2. The Morgan fingerprint density at radius 1 is 1.22 bits per heavy atom. The number of hydrogen-bond acceptors (Lipinski definition) is 7. The van der Waals surface area contributed by atoms with Crippen molar-refractivity contribution >= 4 is 48.6 Å². The molecule has 32 heavy (non-hydrogen) atoms. The summed E-state index contributed by atoms with van der Waals surface area (Å²) in [5.41, 5.74) is 1.07. The standard InChI is InChI=1S/C22H23N3O5S2/c1-2-30-21(27)16-7-6-12-25(14-16)20(26)15-10-11-18-19(13-15)31-22(23-18)24-32(28,29)17-8-4-3-5-9-17/h3-5,8-11,13,16H,2,6-7,12,14H2,1H3,(H,23,24)/t16-/m1/s1. The zero-order chi connectivity index (χ0) is 22.7. The second-order valence-corrected chi connectivity index (χ2v) is 10.2. The van der Waals surface area contributed by atoms with Gasteiger partial charge in [0.15, 0.2) is 5.13 Å². The van der Waals surface area contributed by atoms with Gasteiger partial charge in [0, 0.05) is 18.7 Å². The number of benzene rings is 2. The van der Waals surface area contributed by atoms with Gasteiger partial charge in [-0.1, -0.05) is 29.5 Å². The molecule has 168 valence electrons. The van der Waals surface area contributed by atoms with E-state index in [2.05, 4.69) is 9.71 Å². The highest BCUT2D eigenvalue weighted by molar-refractivity contribution is 7.93. The van der Waals surface area contributed by atoms with Crippen molar-refractivity contribution in [3.8, 4) is 0 Å². The maximum Gasteiger partial charge on any atom is 0.310 e. The van der Waals surface area contributed by atoms with E-state index in [9.17, 15) is 18.0 Å². The molecule has 0 spiro atoms. The van der Waals surface area contributed by atoms with Crippen LogP contribution in [0.1, 0.15) is 30.1 Å². The van der Waals surface area contributed by atoms with E-state index in [0.717, 1.165) is 17.8 Å². The summed E-state index contributed by atoms with van der Waals surface area (Å²) in [7, 11) is -3.74. The Hall–Kier alpha value is -2.98. The summed E-state index contributed by atoms with van der Waals surface area (Å²) in [4.78, 5) is 31.3. The number of hydrogen-bond donors (Lipinski definition) is 1. The number of rotatable bonds is 6. The first-order valence-electron chi connectivity index (χ1n) is 10.3. The Bertz CT molecular complexity index is 1240. The van der Waals surface area contributed by atoms with Gasteiger partial charge in [-0.15, -0.1) is 0 Å². The molecular weight excluding hydrogens is 450 g/mol. The fraction of sp³-hybridized carbons (Fsp3) is 0.318. The first-order valence-corrected chi connectivity index (χ1v) is 12.6. The summed E-state index contributed by atoms with van der Waals surface area (Å²) < 4.78 is 33.4. The fourth-order valence-electron chi connectivity index (χ4n) is 3.67. The molecule has 1 amide bonds. The molecule has 8 nitrogen and oxygen atoms in total. The van der Waals surface area contributed by atoms with Crippen LogP contribution in [0.2, 0.25) is 0 Å². The summed E-state index contributed by atoms with van der Waals surface area (Å²) in [5, 5.41) is 0.230. The molecule has 0 aliphatic carbocycles.